The van der Waals surface area contributed by atoms with Gasteiger partial charge in [-0.3, -0.25) is 9.59 Å². The number of carbonyl (C=O) groups excluding carboxylic acids is 2. The first-order valence-electron chi connectivity index (χ1n) is 8.69. The van der Waals surface area contributed by atoms with Crippen molar-refractivity contribution in [2.75, 3.05) is 11.9 Å². The van der Waals surface area contributed by atoms with Gasteiger partial charge in [-0.2, -0.15) is 0 Å². The van der Waals surface area contributed by atoms with Gasteiger partial charge in [-0.15, -0.1) is 5.10 Å². The van der Waals surface area contributed by atoms with Crippen molar-refractivity contribution in [2.45, 2.75) is 19.9 Å². The number of hydrogen-bond acceptors (Lipinski definition) is 4. The lowest BCUT2D eigenvalue weighted by Gasteiger charge is -2.10. The van der Waals surface area contributed by atoms with Gasteiger partial charge < -0.3 is 10.6 Å². The minimum atomic E-state index is -0.317. The summed E-state index contributed by atoms with van der Waals surface area (Å²) in [5.74, 6) is -0.609. The molecule has 3 aromatic rings. The number of rotatable bonds is 6. The fraction of sp³-hybridized carbons (Fsp3) is 0.200. The van der Waals surface area contributed by atoms with E-state index in [9.17, 15) is 9.59 Å². The Balaban J connectivity index is 1.67. The summed E-state index contributed by atoms with van der Waals surface area (Å²) in [7, 11) is 0. The van der Waals surface area contributed by atoms with Crippen molar-refractivity contribution in [3.63, 3.8) is 0 Å². The highest BCUT2D eigenvalue weighted by atomic mass is 16.2. The lowest BCUT2D eigenvalue weighted by Crippen LogP contribution is -2.32. The molecule has 2 aromatic carbocycles. The minimum Gasteiger partial charge on any atom is -0.343 e. The van der Waals surface area contributed by atoms with Crippen molar-refractivity contribution in [1.82, 2.24) is 20.3 Å². The van der Waals surface area contributed by atoms with E-state index in [1.54, 1.807) is 35.0 Å². The Morgan fingerprint density at radius 3 is 2.44 bits per heavy atom. The zero-order valence-corrected chi connectivity index (χ0v) is 15.2. The van der Waals surface area contributed by atoms with E-state index >= 15 is 0 Å². The van der Waals surface area contributed by atoms with Crippen molar-refractivity contribution < 1.29 is 9.59 Å². The number of nitrogens with one attached hydrogen (secondary N) is 2. The minimum absolute atomic E-state index is 0.124. The third kappa shape index (κ3) is 4.58. The van der Waals surface area contributed by atoms with Crippen LogP contribution in [0.15, 0.2) is 60.8 Å². The normalized spacial score (nSPS) is 10.6. The van der Waals surface area contributed by atoms with Gasteiger partial charge in [0.05, 0.1) is 18.4 Å². The van der Waals surface area contributed by atoms with Gasteiger partial charge in [0, 0.05) is 17.2 Å². The molecule has 0 unspecified atom stereocenters. The van der Waals surface area contributed by atoms with Crippen LogP contribution in [0.2, 0.25) is 0 Å². The molecule has 138 valence electrons. The molecule has 0 radical (unpaired) electrons. The predicted molar refractivity (Wildman–Crippen MR) is 103 cm³/mol. The zero-order chi connectivity index (χ0) is 19.2. The number of hydrogen-bond donors (Lipinski definition) is 2. The first-order chi connectivity index (χ1) is 13.0. The molecule has 0 saturated carbocycles. The van der Waals surface area contributed by atoms with Crippen molar-refractivity contribution in [3.05, 3.63) is 66.4 Å². The molecule has 0 bridgehead atoms. The molecule has 1 aromatic heterocycles. The van der Waals surface area contributed by atoms with E-state index in [1.165, 1.54) is 0 Å². The van der Waals surface area contributed by atoms with Crippen LogP contribution < -0.4 is 10.6 Å². The second-order valence-corrected chi connectivity index (χ2v) is 6.32. The van der Waals surface area contributed by atoms with Crippen LogP contribution in [0.1, 0.15) is 30.2 Å². The van der Waals surface area contributed by atoms with Crippen molar-refractivity contribution in [3.8, 4) is 11.3 Å². The highest BCUT2D eigenvalue weighted by Gasteiger charge is 2.13. The Morgan fingerprint density at radius 2 is 1.74 bits per heavy atom. The fourth-order valence-corrected chi connectivity index (χ4v) is 2.51. The third-order valence-electron chi connectivity index (χ3n) is 3.96. The Kier molecular flexibility index (Phi) is 5.61. The summed E-state index contributed by atoms with van der Waals surface area (Å²) >= 11 is 0. The molecule has 1 heterocycles. The van der Waals surface area contributed by atoms with Crippen LogP contribution in [-0.2, 0) is 4.79 Å². The molecular weight excluding hydrogens is 342 g/mol. The SMILES string of the molecule is CC(C)n1cc(-c2ccccc2NC(=O)CNC(=O)c2ccccc2)nn1. The molecule has 2 N–H and O–H groups in total. The molecule has 7 heteroatoms. The van der Waals surface area contributed by atoms with Crippen molar-refractivity contribution >= 4 is 17.5 Å². The van der Waals surface area contributed by atoms with Crippen LogP contribution >= 0.6 is 0 Å². The van der Waals surface area contributed by atoms with E-state index in [1.807, 2.05) is 44.3 Å². The number of aromatic nitrogens is 3. The zero-order valence-electron chi connectivity index (χ0n) is 15.2. The van der Waals surface area contributed by atoms with E-state index in [0.717, 1.165) is 5.56 Å². The summed E-state index contributed by atoms with van der Waals surface area (Å²) in [6.45, 7) is 3.91. The smallest absolute Gasteiger partial charge is 0.251 e. The number of nitrogens with zero attached hydrogens (tertiary/aromatic N) is 3. The first-order valence-corrected chi connectivity index (χ1v) is 8.69. The van der Waals surface area contributed by atoms with Gasteiger partial charge in [0.2, 0.25) is 5.91 Å². The highest BCUT2D eigenvalue weighted by molar-refractivity contribution is 6.00. The summed E-state index contributed by atoms with van der Waals surface area (Å²) in [6, 6.07) is 16.3. The van der Waals surface area contributed by atoms with Gasteiger partial charge in [-0.1, -0.05) is 41.6 Å². The summed E-state index contributed by atoms with van der Waals surface area (Å²) in [5, 5.41) is 13.7. The topological polar surface area (TPSA) is 88.9 Å². The number of benzene rings is 2. The number of carbonyl (C=O) groups is 2. The Bertz CT molecular complexity index is 934. The average Bonchev–Trinajstić information content (AvgIpc) is 3.17. The molecule has 0 fully saturated rings. The summed E-state index contributed by atoms with van der Waals surface area (Å²) in [4.78, 5) is 24.3. The molecule has 0 aliphatic rings. The van der Waals surface area contributed by atoms with Gasteiger partial charge in [-0.25, -0.2) is 4.68 Å². The molecule has 0 saturated heterocycles. The van der Waals surface area contributed by atoms with Crippen molar-refractivity contribution in [1.29, 1.82) is 0 Å². The van der Waals surface area contributed by atoms with E-state index in [4.69, 9.17) is 0 Å². The van der Waals surface area contributed by atoms with Crippen LogP contribution in [-0.4, -0.2) is 33.4 Å². The monoisotopic (exact) mass is 363 g/mol. The molecule has 27 heavy (non-hydrogen) atoms. The van der Waals surface area contributed by atoms with E-state index < -0.39 is 0 Å². The van der Waals surface area contributed by atoms with Crippen molar-refractivity contribution in [2.24, 2.45) is 0 Å². The maximum atomic E-state index is 12.3. The standard InChI is InChI=1S/C20H21N5O2/c1-14(2)25-13-18(23-24-25)16-10-6-7-11-17(16)22-19(26)12-21-20(27)15-8-4-3-5-9-15/h3-11,13-14H,12H2,1-2H3,(H,21,27)(H,22,26). The Hall–Kier alpha value is -3.48. The summed E-state index contributed by atoms with van der Waals surface area (Å²) in [6.07, 6.45) is 1.84. The maximum absolute atomic E-state index is 12.3. The lowest BCUT2D eigenvalue weighted by atomic mass is 10.1. The molecule has 7 nitrogen and oxygen atoms in total. The van der Waals surface area contributed by atoms with Crippen LogP contribution in [0.5, 0.6) is 0 Å². The van der Waals surface area contributed by atoms with Crippen LogP contribution in [0.25, 0.3) is 11.3 Å². The van der Waals surface area contributed by atoms with Crippen LogP contribution in [0.4, 0.5) is 5.69 Å². The Labute approximate surface area is 157 Å². The van der Waals surface area contributed by atoms with Gasteiger partial charge in [-0.05, 0) is 32.0 Å². The molecule has 0 aliphatic heterocycles. The van der Waals surface area contributed by atoms with Gasteiger partial charge >= 0.3 is 0 Å². The third-order valence-corrected chi connectivity index (χ3v) is 3.96. The quantitative estimate of drug-likeness (QED) is 0.705. The largest absolute Gasteiger partial charge is 0.343 e. The lowest BCUT2D eigenvalue weighted by molar-refractivity contribution is -0.115. The van der Waals surface area contributed by atoms with E-state index in [2.05, 4.69) is 20.9 Å². The first kappa shape index (κ1) is 18.3. The summed E-state index contributed by atoms with van der Waals surface area (Å²) in [5.41, 5.74) is 2.57. The maximum Gasteiger partial charge on any atom is 0.251 e. The number of anilines is 1. The molecule has 0 atom stereocenters. The highest BCUT2D eigenvalue weighted by Crippen LogP contribution is 2.26. The van der Waals surface area contributed by atoms with Crippen LogP contribution in [0, 0.1) is 0 Å². The predicted octanol–water partition coefficient (Wildman–Crippen LogP) is 2.89. The number of amides is 2. The van der Waals surface area contributed by atoms with Gasteiger partial charge in [0.15, 0.2) is 0 Å². The van der Waals surface area contributed by atoms with Gasteiger partial charge in [0.1, 0.15) is 5.69 Å². The van der Waals surface area contributed by atoms with E-state index in [0.29, 0.717) is 16.9 Å². The molecular formula is C20H21N5O2. The molecule has 0 spiro atoms. The Morgan fingerprint density at radius 1 is 1.04 bits per heavy atom. The molecule has 2 amide bonds. The van der Waals surface area contributed by atoms with Gasteiger partial charge in [0.25, 0.3) is 5.91 Å². The average molecular weight is 363 g/mol. The second-order valence-electron chi connectivity index (χ2n) is 6.32. The fourth-order valence-electron chi connectivity index (χ4n) is 2.51. The number of para-hydroxylation sites is 1. The van der Waals surface area contributed by atoms with E-state index in [-0.39, 0.29) is 24.4 Å². The summed E-state index contributed by atoms with van der Waals surface area (Å²) < 4.78 is 1.76. The molecule has 0 aliphatic carbocycles. The molecule has 3 rings (SSSR count). The second kappa shape index (κ2) is 8.27. The van der Waals surface area contributed by atoms with Crippen LogP contribution in [0.3, 0.4) is 0 Å².